The third-order valence-corrected chi connectivity index (χ3v) is 3.51. The Labute approximate surface area is 134 Å². The molecule has 2 aromatic rings. The average Bonchev–Trinajstić information content (AvgIpc) is 2.47. The van der Waals surface area contributed by atoms with Crippen LogP contribution in [0.1, 0.15) is 18.1 Å². The molecule has 2 rings (SSSR count). The Balaban J connectivity index is 2.00. The van der Waals surface area contributed by atoms with Crippen LogP contribution in [0.25, 0.3) is 0 Å². The van der Waals surface area contributed by atoms with Crippen LogP contribution in [0.2, 0.25) is 0 Å². The van der Waals surface area contributed by atoms with Crippen LogP contribution in [0.4, 0.5) is 0 Å². The number of halogens is 1. The topological polar surface area (TPSA) is 41.5 Å². The van der Waals surface area contributed by atoms with Crippen LogP contribution >= 0.6 is 15.9 Å². The molecule has 0 aromatic heterocycles. The van der Waals surface area contributed by atoms with Gasteiger partial charge in [-0.1, -0.05) is 46.3 Å². The number of ether oxygens (including phenoxy) is 1. The second-order valence-corrected chi connectivity index (χ2v) is 5.92. The summed E-state index contributed by atoms with van der Waals surface area (Å²) in [6.45, 7) is 3.53. The molecule has 0 amide bonds. The summed E-state index contributed by atoms with van der Waals surface area (Å²) >= 11 is 3.48. The van der Waals surface area contributed by atoms with Crippen LogP contribution in [0.5, 0.6) is 5.75 Å². The number of hydrogen-bond acceptors (Lipinski definition) is 3. The Hall–Kier alpha value is -1.36. The third-order valence-electron chi connectivity index (χ3n) is 3.01. The van der Waals surface area contributed by atoms with Gasteiger partial charge in [-0.3, -0.25) is 0 Å². The molecule has 2 N–H and O–H groups in total. The molecule has 0 unspecified atom stereocenters. The minimum absolute atomic E-state index is 0.356. The standard InChI is InChI=1S/C17H20BrNO2/c1-13(20)10-19-11-15-9-16(18)7-8-17(15)21-12-14-5-3-2-4-6-14/h2-9,13,19-20H,10-12H2,1H3/t13-/m0/s1. The largest absolute Gasteiger partial charge is 0.489 e. The van der Waals surface area contributed by atoms with E-state index in [1.165, 1.54) is 0 Å². The lowest BCUT2D eigenvalue weighted by molar-refractivity contribution is 0.190. The number of rotatable bonds is 7. The molecule has 0 saturated heterocycles. The minimum atomic E-state index is -0.356. The van der Waals surface area contributed by atoms with Gasteiger partial charge in [0.15, 0.2) is 0 Å². The molecule has 0 radical (unpaired) electrons. The van der Waals surface area contributed by atoms with E-state index < -0.39 is 0 Å². The second kappa shape index (κ2) is 8.17. The minimum Gasteiger partial charge on any atom is -0.489 e. The van der Waals surface area contributed by atoms with E-state index in [1.807, 2.05) is 48.5 Å². The highest BCUT2D eigenvalue weighted by molar-refractivity contribution is 9.10. The van der Waals surface area contributed by atoms with Gasteiger partial charge in [-0.05, 0) is 30.7 Å². The van der Waals surface area contributed by atoms with Gasteiger partial charge in [-0.2, -0.15) is 0 Å². The first kappa shape index (κ1) is 16.0. The van der Waals surface area contributed by atoms with E-state index in [0.717, 1.165) is 21.3 Å². The molecule has 0 spiro atoms. The molecular formula is C17H20BrNO2. The fraction of sp³-hybridized carbons (Fsp3) is 0.294. The molecule has 1 atom stereocenters. The highest BCUT2D eigenvalue weighted by Gasteiger charge is 2.06. The van der Waals surface area contributed by atoms with E-state index in [0.29, 0.717) is 19.7 Å². The van der Waals surface area contributed by atoms with Gasteiger partial charge in [0.2, 0.25) is 0 Å². The van der Waals surface area contributed by atoms with Crippen LogP contribution in [-0.4, -0.2) is 17.8 Å². The SMILES string of the molecule is C[C@H](O)CNCc1cc(Br)ccc1OCc1ccccc1. The summed E-state index contributed by atoms with van der Waals surface area (Å²) in [5, 5.41) is 12.5. The van der Waals surface area contributed by atoms with Crippen molar-refractivity contribution in [2.75, 3.05) is 6.54 Å². The van der Waals surface area contributed by atoms with Crippen LogP contribution in [0, 0.1) is 0 Å². The summed E-state index contributed by atoms with van der Waals surface area (Å²) in [4.78, 5) is 0. The van der Waals surface area contributed by atoms with Gasteiger partial charge >= 0.3 is 0 Å². The predicted octanol–water partition coefficient (Wildman–Crippen LogP) is 3.50. The van der Waals surface area contributed by atoms with Gasteiger partial charge in [-0.25, -0.2) is 0 Å². The van der Waals surface area contributed by atoms with E-state index in [-0.39, 0.29) is 6.10 Å². The van der Waals surface area contributed by atoms with Gasteiger partial charge in [0.25, 0.3) is 0 Å². The zero-order valence-electron chi connectivity index (χ0n) is 12.1. The van der Waals surface area contributed by atoms with Crippen molar-refractivity contribution in [2.24, 2.45) is 0 Å². The number of aliphatic hydroxyl groups is 1. The molecule has 3 nitrogen and oxygen atoms in total. The first-order valence-corrected chi connectivity index (χ1v) is 7.78. The lowest BCUT2D eigenvalue weighted by atomic mass is 10.2. The normalized spacial score (nSPS) is 12.1. The molecule has 0 aliphatic heterocycles. The van der Waals surface area contributed by atoms with Gasteiger partial charge in [0, 0.05) is 23.1 Å². The van der Waals surface area contributed by atoms with Gasteiger partial charge in [0.1, 0.15) is 12.4 Å². The summed E-state index contributed by atoms with van der Waals surface area (Å²) in [5.41, 5.74) is 2.21. The maximum atomic E-state index is 9.30. The molecule has 0 bridgehead atoms. The molecule has 4 heteroatoms. The van der Waals surface area contributed by atoms with E-state index in [4.69, 9.17) is 4.74 Å². The first-order valence-electron chi connectivity index (χ1n) is 6.99. The maximum Gasteiger partial charge on any atom is 0.124 e. The predicted molar refractivity (Wildman–Crippen MR) is 88.3 cm³/mol. The van der Waals surface area contributed by atoms with E-state index in [1.54, 1.807) is 6.92 Å². The number of benzene rings is 2. The fourth-order valence-electron chi connectivity index (χ4n) is 1.98. The highest BCUT2D eigenvalue weighted by Crippen LogP contribution is 2.24. The maximum absolute atomic E-state index is 9.30. The molecule has 0 aliphatic carbocycles. The van der Waals surface area contributed by atoms with E-state index >= 15 is 0 Å². The van der Waals surface area contributed by atoms with Crippen LogP contribution < -0.4 is 10.1 Å². The van der Waals surface area contributed by atoms with Crippen molar-refractivity contribution in [2.45, 2.75) is 26.2 Å². The molecule has 0 saturated carbocycles. The second-order valence-electron chi connectivity index (χ2n) is 5.01. The Morgan fingerprint density at radius 2 is 1.95 bits per heavy atom. The molecular weight excluding hydrogens is 330 g/mol. The van der Waals surface area contributed by atoms with Crippen molar-refractivity contribution in [1.29, 1.82) is 0 Å². The molecule has 0 heterocycles. The van der Waals surface area contributed by atoms with Crippen LogP contribution in [0.3, 0.4) is 0 Å². The number of aliphatic hydroxyl groups excluding tert-OH is 1. The van der Waals surface area contributed by atoms with E-state index in [2.05, 4.69) is 21.2 Å². The Morgan fingerprint density at radius 3 is 2.67 bits per heavy atom. The Kier molecular flexibility index (Phi) is 6.23. The third kappa shape index (κ3) is 5.50. The summed E-state index contributed by atoms with van der Waals surface area (Å²) in [7, 11) is 0. The van der Waals surface area contributed by atoms with Crippen molar-refractivity contribution in [3.8, 4) is 5.75 Å². The van der Waals surface area contributed by atoms with Gasteiger partial charge in [-0.15, -0.1) is 0 Å². The highest BCUT2D eigenvalue weighted by atomic mass is 79.9. The van der Waals surface area contributed by atoms with Crippen molar-refractivity contribution >= 4 is 15.9 Å². The zero-order valence-corrected chi connectivity index (χ0v) is 13.6. The Morgan fingerprint density at radius 1 is 1.19 bits per heavy atom. The fourth-order valence-corrected chi connectivity index (χ4v) is 2.39. The lowest BCUT2D eigenvalue weighted by Gasteiger charge is -2.13. The van der Waals surface area contributed by atoms with Crippen molar-refractivity contribution in [1.82, 2.24) is 5.32 Å². The Bertz CT molecular complexity index is 558. The van der Waals surface area contributed by atoms with E-state index in [9.17, 15) is 5.11 Å². The summed E-state index contributed by atoms with van der Waals surface area (Å²) < 4.78 is 6.93. The van der Waals surface area contributed by atoms with Gasteiger partial charge in [0.05, 0.1) is 6.10 Å². The quantitative estimate of drug-likeness (QED) is 0.803. The molecule has 0 fully saturated rings. The monoisotopic (exact) mass is 349 g/mol. The molecule has 0 aliphatic rings. The van der Waals surface area contributed by atoms with Crippen LogP contribution in [-0.2, 0) is 13.2 Å². The summed E-state index contributed by atoms with van der Waals surface area (Å²) in [6.07, 6.45) is -0.356. The molecule has 21 heavy (non-hydrogen) atoms. The number of hydrogen-bond donors (Lipinski definition) is 2. The lowest BCUT2D eigenvalue weighted by Crippen LogP contribution is -2.24. The van der Waals surface area contributed by atoms with Gasteiger partial charge < -0.3 is 15.2 Å². The van der Waals surface area contributed by atoms with Crippen LogP contribution in [0.15, 0.2) is 53.0 Å². The summed E-state index contributed by atoms with van der Waals surface area (Å²) in [5.74, 6) is 0.861. The van der Waals surface area contributed by atoms with Crippen molar-refractivity contribution in [3.05, 3.63) is 64.1 Å². The summed E-state index contributed by atoms with van der Waals surface area (Å²) in [6, 6.07) is 16.1. The smallest absolute Gasteiger partial charge is 0.124 e. The first-order chi connectivity index (χ1) is 10.1. The average molecular weight is 350 g/mol. The van der Waals surface area contributed by atoms with Crippen molar-refractivity contribution < 1.29 is 9.84 Å². The molecule has 112 valence electrons. The molecule has 2 aromatic carbocycles. The zero-order chi connectivity index (χ0) is 15.1. The number of nitrogens with one attached hydrogen (secondary N) is 1. The van der Waals surface area contributed by atoms with Crippen molar-refractivity contribution in [3.63, 3.8) is 0 Å².